The summed E-state index contributed by atoms with van der Waals surface area (Å²) in [6, 6.07) is 12.9. The van der Waals surface area contributed by atoms with Crippen LogP contribution in [0.1, 0.15) is 17.0 Å². The minimum atomic E-state index is -3.59. The molecule has 1 fully saturated rings. The smallest absolute Gasteiger partial charge is 0.264 e. The topological polar surface area (TPSA) is 75.4 Å². The molecule has 0 amide bonds. The predicted molar refractivity (Wildman–Crippen MR) is 109 cm³/mol. The van der Waals surface area contributed by atoms with Crippen LogP contribution in [0.4, 0.5) is 5.69 Å². The van der Waals surface area contributed by atoms with Gasteiger partial charge in [0.2, 0.25) is 0 Å². The van der Waals surface area contributed by atoms with Gasteiger partial charge < -0.3 is 9.73 Å². The van der Waals surface area contributed by atoms with E-state index in [2.05, 4.69) is 22.4 Å². The third-order valence-electron chi connectivity index (χ3n) is 5.37. The number of hydrogen-bond acceptors (Lipinski definition) is 5. The van der Waals surface area contributed by atoms with Crippen LogP contribution in [0, 0.1) is 0 Å². The van der Waals surface area contributed by atoms with Gasteiger partial charge in [-0.05, 0) is 47.9 Å². The highest BCUT2D eigenvalue weighted by molar-refractivity contribution is 7.92. The van der Waals surface area contributed by atoms with Crippen molar-refractivity contribution < 1.29 is 12.8 Å². The molecule has 0 radical (unpaired) electrons. The maximum absolute atomic E-state index is 13.2. The summed E-state index contributed by atoms with van der Waals surface area (Å²) in [4.78, 5) is 4.17. The second kappa shape index (κ2) is 7.24. The molecule has 28 heavy (non-hydrogen) atoms. The van der Waals surface area contributed by atoms with Crippen molar-refractivity contribution in [1.82, 2.24) is 10.3 Å². The molecular weight excluding hydrogens is 398 g/mol. The van der Waals surface area contributed by atoms with Crippen molar-refractivity contribution in [3.8, 4) is 11.3 Å². The number of oxazole rings is 1. The number of benzene rings is 2. The first-order valence-electron chi connectivity index (χ1n) is 8.98. The molecule has 2 aliphatic heterocycles. The van der Waals surface area contributed by atoms with E-state index in [9.17, 15) is 8.42 Å². The maximum Gasteiger partial charge on any atom is 0.264 e. The van der Waals surface area contributed by atoms with Gasteiger partial charge in [-0.3, -0.25) is 4.31 Å². The number of sulfonamides is 1. The fourth-order valence-electron chi connectivity index (χ4n) is 3.70. The van der Waals surface area contributed by atoms with Crippen LogP contribution in [-0.4, -0.2) is 33.0 Å². The summed E-state index contributed by atoms with van der Waals surface area (Å²) in [6.07, 6.45) is 3.71. The number of halogens is 1. The molecule has 2 aliphatic rings. The Morgan fingerprint density at radius 3 is 2.54 bits per heavy atom. The summed E-state index contributed by atoms with van der Waals surface area (Å²) in [5.41, 5.74) is 4.00. The average Bonchev–Trinajstić information content (AvgIpc) is 3.30. The van der Waals surface area contributed by atoms with Gasteiger partial charge in [-0.15, -0.1) is 12.4 Å². The third-order valence-corrected chi connectivity index (χ3v) is 7.20. The quantitative estimate of drug-likeness (QED) is 0.705. The molecule has 8 heteroatoms. The molecule has 1 saturated heterocycles. The van der Waals surface area contributed by atoms with Crippen LogP contribution in [0.15, 0.2) is 64.4 Å². The van der Waals surface area contributed by atoms with E-state index in [4.69, 9.17) is 4.42 Å². The summed E-state index contributed by atoms with van der Waals surface area (Å²) in [6.45, 7) is 2.48. The van der Waals surface area contributed by atoms with Gasteiger partial charge >= 0.3 is 0 Å². The Balaban J connectivity index is 0.00000192. The molecule has 0 unspecified atom stereocenters. The SMILES string of the molecule is Cl.O=S(=O)(c1ccc(-c2cnco2)cc1)N1CCc2cc(C3CNC3)ccc21. The van der Waals surface area contributed by atoms with E-state index < -0.39 is 10.0 Å². The Hall–Kier alpha value is -2.35. The van der Waals surface area contributed by atoms with Gasteiger partial charge in [0, 0.05) is 31.1 Å². The first-order chi connectivity index (χ1) is 13.1. The number of nitrogens with one attached hydrogen (secondary N) is 1. The van der Waals surface area contributed by atoms with E-state index >= 15 is 0 Å². The summed E-state index contributed by atoms with van der Waals surface area (Å²) >= 11 is 0. The number of nitrogens with zero attached hydrogens (tertiary/aromatic N) is 2. The molecule has 5 rings (SSSR count). The van der Waals surface area contributed by atoms with Crippen LogP contribution < -0.4 is 9.62 Å². The van der Waals surface area contributed by atoms with Crippen molar-refractivity contribution >= 4 is 28.1 Å². The molecule has 6 nitrogen and oxygen atoms in total. The fourth-order valence-corrected chi connectivity index (χ4v) is 5.20. The lowest BCUT2D eigenvalue weighted by Crippen LogP contribution is -2.39. The highest BCUT2D eigenvalue weighted by Crippen LogP contribution is 2.35. The molecule has 0 bridgehead atoms. The zero-order valence-corrected chi connectivity index (χ0v) is 16.7. The molecule has 1 N–H and O–H groups in total. The van der Waals surface area contributed by atoms with Gasteiger partial charge in [-0.1, -0.05) is 12.1 Å². The lowest BCUT2D eigenvalue weighted by atomic mass is 9.92. The molecule has 1 aromatic heterocycles. The molecule has 3 aromatic rings. The van der Waals surface area contributed by atoms with E-state index in [1.165, 1.54) is 16.3 Å². The van der Waals surface area contributed by atoms with Crippen LogP contribution >= 0.6 is 12.4 Å². The zero-order chi connectivity index (χ0) is 18.4. The van der Waals surface area contributed by atoms with Gasteiger partial charge in [-0.25, -0.2) is 13.4 Å². The molecule has 0 spiro atoms. The minimum Gasteiger partial charge on any atom is -0.444 e. The van der Waals surface area contributed by atoms with Crippen molar-refractivity contribution in [3.05, 3.63) is 66.2 Å². The molecule has 2 aromatic carbocycles. The highest BCUT2D eigenvalue weighted by atomic mass is 35.5. The zero-order valence-electron chi connectivity index (χ0n) is 15.0. The van der Waals surface area contributed by atoms with Crippen molar-refractivity contribution in [2.24, 2.45) is 0 Å². The maximum atomic E-state index is 13.2. The van der Waals surface area contributed by atoms with E-state index in [1.54, 1.807) is 30.5 Å². The Morgan fingerprint density at radius 2 is 1.89 bits per heavy atom. The lowest BCUT2D eigenvalue weighted by Gasteiger charge is -2.28. The van der Waals surface area contributed by atoms with Crippen LogP contribution in [0.2, 0.25) is 0 Å². The molecule has 3 heterocycles. The first-order valence-corrected chi connectivity index (χ1v) is 10.4. The largest absolute Gasteiger partial charge is 0.444 e. The van der Waals surface area contributed by atoms with Crippen molar-refractivity contribution in [3.63, 3.8) is 0 Å². The lowest BCUT2D eigenvalue weighted by molar-refractivity contribution is 0.448. The monoisotopic (exact) mass is 417 g/mol. The normalized spacial score (nSPS) is 16.4. The molecule has 0 atom stereocenters. The second-order valence-corrected chi connectivity index (χ2v) is 8.82. The van der Waals surface area contributed by atoms with E-state index in [-0.39, 0.29) is 17.3 Å². The number of aromatic nitrogens is 1. The minimum absolute atomic E-state index is 0. The van der Waals surface area contributed by atoms with Gasteiger partial charge in [0.15, 0.2) is 12.2 Å². The Morgan fingerprint density at radius 1 is 1.11 bits per heavy atom. The molecular formula is C20H20ClN3O3S. The van der Waals surface area contributed by atoms with Crippen LogP contribution in [0.5, 0.6) is 0 Å². The van der Waals surface area contributed by atoms with Crippen molar-refractivity contribution in [1.29, 1.82) is 0 Å². The van der Waals surface area contributed by atoms with Crippen LogP contribution in [0.3, 0.4) is 0 Å². The highest BCUT2D eigenvalue weighted by Gasteiger charge is 2.32. The summed E-state index contributed by atoms with van der Waals surface area (Å²) in [7, 11) is -3.59. The summed E-state index contributed by atoms with van der Waals surface area (Å²) in [5.74, 6) is 1.16. The van der Waals surface area contributed by atoms with Crippen LogP contribution in [0.25, 0.3) is 11.3 Å². The number of rotatable bonds is 4. The second-order valence-electron chi connectivity index (χ2n) is 6.96. The molecule has 0 saturated carbocycles. The molecule has 0 aliphatic carbocycles. The number of hydrogen-bond donors (Lipinski definition) is 1. The standard InChI is InChI=1S/C20H19N3O3S.ClH/c24-27(25,18-4-1-14(2-5-18)20-12-22-13-26-20)23-8-7-16-9-15(3-6-19(16)23)17-10-21-11-17;/h1-6,9,12-13,17,21H,7-8,10-11H2;1H. The Labute approximate surface area is 170 Å². The van der Waals surface area contributed by atoms with Crippen molar-refractivity contribution in [2.45, 2.75) is 17.2 Å². The Bertz CT molecular complexity index is 1080. The van der Waals surface area contributed by atoms with Crippen LogP contribution in [-0.2, 0) is 16.4 Å². The predicted octanol–water partition coefficient (Wildman–Crippen LogP) is 3.20. The van der Waals surface area contributed by atoms with E-state index in [0.717, 1.165) is 36.3 Å². The third kappa shape index (κ3) is 3.09. The fraction of sp³-hybridized carbons (Fsp3) is 0.250. The van der Waals surface area contributed by atoms with Gasteiger partial charge in [0.1, 0.15) is 0 Å². The van der Waals surface area contributed by atoms with Crippen molar-refractivity contribution in [2.75, 3.05) is 23.9 Å². The summed E-state index contributed by atoms with van der Waals surface area (Å²) in [5, 5.41) is 3.28. The van der Waals surface area contributed by atoms with Gasteiger partial charge in [-0.2, -0.15) is 0 Å². The molecule has 146 valence electrons. The van der Waals surface area contributed by atoms with Gasteiger partial charge in [0.05, 0.1) is 16.8 Å². The average molecular weight is 418 g/mol. The number of fused-ring (bicyclic) bond motifs is 1. The number of anilines is 1. The van der Waals surface area contributed by atoms with E-state index in [1.807, 2.05) is 6.07 Å². The first kappa shape index (κ1) is 19.0. The summed E-state index contributed by atoms with van der Waals surface area (Å²) < 4.78 is 33.1. The Kier molecular flexibility index (Phi) is 4.91. The van der Waals surface area contributed by atoms with Gasteiger partial charge in [0.25, 0.3) is 10.0 Å². The van der Waals surface area contributed by atoms with E-state index in [0.29, 0.717) is 18.2 Å².